The molecule has 0 atom stereocenters. The van der Waals surface area contributed by atoms with Crippen LogP contribution in [0.15, 0.2) is 85.5 Å². The van der Waals surface area contributed by atoms with Crippen LogP contribution in [-0.4, -0.2) is 5.11 Å². The number of phenols is 1. The fraction of sp³-hybridized carbons (Fsp3) is 0.250. The summed E-state index contributed by atoms with van der Waals surface area (Å²) in [6, 6.07) is 16.2. The molecule has 130 valence electrons. The van der Waals surface area contributed by atoms with Crippen molar-refractivity contribution in [2.45, 2.75) is 38.5 Å². The van der Waals surface area contributed by atoms with Crippen molar-refractivity contribution in [1.82, 2.24) is 0 Å². The maximum Gasteiger partial charge on any atom is 0.119 e. The maximum atomic E-state index is 10.5. The molecular formula is C24H28O. The summed E-state index contributed by atoms with van der Waals surface area (Å²) in [6.45, 7) is 16.4. The first kappa shape index (κ1) is 18.8. The van der Waals surface area contributed by atoms with E-state index in [-0.39, 0.29) is 10.8 Å². The molecule has 1 nitrogen and oxygen atoms in total. The first-order chi connectivity index (χ1) is 11.7. The Balaban J connectivity index is 2.60. The normalized spacial score (nSPS) is 12.7. The molecule has 0 spiro atoms. The van der Waals surface area contributed by atoms with Crippen molar-refractivity contribution >= 4 is 0 Å². The zero-order valence-corrected chi connectivity index (χ0v) is 15.7. The Morgan fingerprint density at radius 2 is 1.56 bits per heavy atom. The molecule has 1 N–H and O–H groups in total. The molecule has 0 saturated heterocycles. The van der Waals surface area contributed by atoms with Crippen LogP contribution in [0.25, 0.3) is 0 Å². The van der Waals surface area contributed by atoms with Crippen molar-refractivity contribution in [2.75, 3.05) is 0 Å². The summed E-state index contributed by atoms with van der Waals surface area (Å²) in [4.78, 5) is 0. The van der Waals surface area contributed by atoms with E-state index in [0.717, 1.165) is 16.7 Å². The van der Waals surface area contributed by atoms with Crippen molar-refractivity contribution in [1.29, 1.82) is 0 Å². The largest absolute Gasteiger partial charge is 0.508 e. The molecule has 0 aliphatic rings. The van der Waals surface area contributed by atoms with Crippen LogP contribution in [0.2, 0.25) is 0 Å². The maximum absolute atomic E-state index is 10.5. The van der Waals surface area contributed by atoms with E-state index >= 15 is 0 Å². The van der Waals surface area contributed by atoms with Crippen LogP contribution >= 0.6 is 0 Å². The number of aromatic hydroxyl groups is 1. The average molecular weight is 332 g/mol. The van der Waals surface area contributed by atoms with Gasteiger partial charge in [-0.2, -0.15) is 0 Å². The van der Waals surface area contributed by atoms with Crippen molar-refractivity contribution in [3.05, 3.63) is 102 Å². The van der Waals surface area contributed by atoms with Gasteiger partial charge in [0, 0.05) is 16.4 Å². The third-order valence-electron chi connectivity index (χ3n) is 5.13. The van der Waals surface area contributed by atoms with Gasteiger partial charge in [-0.15, -0.1) is 0 Å². The Morgan fingerprint density at radius 3 is 2.12 bits per heavy atom. The second kappa shape index (κ2) is 7.14. The van der Waals surface area contributed by atoms with Gasteiger partial charge in [0.1, 0.15) is 5.75 Å². The molecule has 0 aliphatic heterocycles. The van der Waals surface area contributed by atoms with Crippen molar-refractivity contribution < 1.29 is 5.11 Å². The van der Waals surface area contributed by atoms with Crippen LogP contribution < -0.4 is 0 Å². The number of allylic oxidation sites excluding steroid dienone is 4. The van der Waals surface area contributed by atoms with E-state index in [1.54, 1.807) is 12.1 Å². The lowest BCUT2D eigenvalue weighted by Crippen LogP contribution is -2.23. The van der Waals surface area contributed by atoms with E-state index < -0.39 is 0 Å². The first-order valence-electron chi connectivity index (χ1n) is 8.60. The summed E-state index contributed by atoms with van der Waals surface area (Å²) in [5, 5.41) is 10.5. The van der Waals surface area contributed by atoms with Gasteiger partial charge in [0.05, 0.1) is 0 Å². The fourth-order valence-electron chi connectivity index (χ4n) is 3.26. The van der Waals surface area contributed by atoms with E-state index in [9.17, 15) is 5.11 Å². The number of rotatable bonds is 6. The molecule has 0 heterocycles. The summed E-state index contributed by atoms with van der Waals surface area (Å²) < 4.78 is 0. The van der Waals surface area contributed by atoms with Gasteiger partial charge in [-0.25, -0.2) is 0 Å². The van der Waals surface area contributed by atoms with Gasteiger partial charge in [0.2, 0.25) is 0 Å². The van der Waals surface area contributed by atoms with Crippen LogP contribution in [-0.2, 0) is 10.8 Å². The highest BCUT2D eigenvalue weighted by Crippen LogP contribution is 2.41. The summed E-state index contributed by atoms with van der Waals surface area (Å²) in [7, 11) is 0. The Bertz CT molecular complexity index is 792. The first-order valence-corrected chi connectivity index (χ1v) is 8.60. The van der Waals surface area contributed by atoms with Gasteiger partial charge in [-0.3, -0.25) is 0 Å². The quantitative estimate of drug-likeness (QED) is 0.616. The molecule has 2 rings (SSSR count). The number of phenolic OH excluding ortho intramolecular Hbond substituents is 1. The Hall–Kier alpha value is -2.54. The summed E-state index contributed by atoms with van der Waals surface area (Å²) in [5.74, 6) is 0.321. The molecular weight excluding hydrogens is 304 g/mol. The lowest BCUT2D eigenvalue weighted by Gasteiger charge is -2.31. The van der Waals surface area contributed by atoms with E-state index in [4.69, 9.17) is 0 Å². The Morgan fingerprint density at radius 1 is 0.920 bits per heavy atom. The summed E-state index contributed by atoms with van der Waals surface area (Å²) in [5.41, 5.74) is 3.80. The standard InChI is InChI=1S/C24H28O/c1-7-12-18(8-2)23(3,4)20-15-16-22(25)21(17-20)24(5,6)19-13-10-9-11-14-19/h7-17,25H,1-2H2,3-6H3/b18-12+. The monoisotopic (exact) mass is 332 g/mol. The van der Waals surface area contributed by atoms with Gasteiger partial charge in [-0.05, 0) is 22.8 Å². The van der Waals surface area contributed by atoms with Crippen LogP contribution in [0.5, 0.6) is 5.75 Å². The minimum Gasteiger partial charge on any atom is -0.508 e. The highest BCUT2D eigenvalue weighted by atomic mass is 16.3. The number of benzene rings is 2. The molecule has 0 fully saturated rings. The molecule has 0 aromatic heterocycles. The van der Waals surface area contributed by atoms with E-state index in [1.165, 1.54) is 5.56 Å². The molecule has 1 heteroatoms. The highest BCUT2D eigenvalue weighted by molar-refractivity contribution is 5.51. The van der Waals surface area contributed by atoms with E-state index in [1.807, 2.05) is 36.4 Å². The molecule has 0 saturated carbocycles. The lowest BCUT2D eigenvalue weighted by molar-refractivity contribution is 0.451. The molecule has 0 bridgehead atoms. The zero-order valence-electron chi connectivity index (χ0n) is 15.7. The SMILES string of the molecule is C=C/C=C(\C=C)C(C)(C)c1ccc(O)c(C(C)(C)c2ccccc2)c1. The van der Waals surface area contributed by atoms with Crippen molar-refractivity contribution in [2.24, 2.45) is 0 Å². The molecule has 0 unspecified atom stereocenters. The topological polar surface area (TPSA) is 20.2 Å². The number of hydrogen-bond acceptors (Lipinski definition) is 1. The predicted molar refractivity (Wildman–Crippen MR) is 108 cm³/mol. The molecule has 2 aromatic carbocycles. The van der Waals surface area contributed by atoms with Gasteiger partial charge < -0.3 is 5.11 Å². The molecule has 0 radical (unpaired) electrons. The fourth-order valence-corrected chi connectivity index (χ4v) is 3.26. The molecule has 25 heavy (non-hydrogen) atoms. The summed E-state index contributed by atoms with van der Waals surface area (Å²) >= 11 is 0. The minimum absolute atomic E-state index is 0.231. The van der Waals surface area contributed by atoms with E-state index in [2.05, 4.69) is 59.1 Å². The smallest absolute Gasteiger partial charge is 0.119 e. The van der Waals surface area contributed by atoms with Crippen LogP contribution in [0, 0.1) is 0 Å². The van der Waals surface area contributed by atoms with Crippen molar-refractivity contribution in [3.63, 3.8) is 0 Å². The minimum atomic E-state index is -0.298. The lowest BCUT2D eigenvalue weighted by atomic mass is 9.72. The molecule has 2 aromatic rings. The van der Waals surface area contributed by atoms with E-state index in [0.29, 0.717) is 5.75 Å². The van der Waals surface area contributed by atoms with Crippen LogP contribution in [0.3, 0.4) is 0 Å². The van der Waals surface area contributed by atoms with Crippen LogP contribution in [0.1, 0.15) is 44.4 Å². The van der Waals surface area contributed by atoms with Crippen LogP contribution in [0.4, 0.5) is 0 Å². The van der Waals surface area contributed by atoms with Gasteiger partial charge >= 0.3 is 0 Å². The predicted octanol–water partition coefficient (Wildman–Crippen LogP) is 6.29. The average Bonchev–Trinajstić information content (AvgIpc) is 2.60. The highest BCUT2D eigenvalue weighted by Gasteiger charge is 2.30. The third-order valence-corrected chi connectivity index (χ3v) is 5.13. The third kappa shape index (κ3) is 3.61. The van der Waals surface area contributed by atoms with Crippen molar-refractivity contribution in [3.8, 4) is 5.75 Å². The Labute approximate surface area is 152 Å². The van der Waals surface area contributed by atoms with Gasteiger partial charge in [-0.1, -0.05) is 102 Å². The second-order valence-corrected chi connectivity index (χ2v) is 7.41. The Kier molecular flexibility index (Phi) is 5.37. The molecule has 0 aliphatic carbocycles. The summed E-state index contributed by atoms with van der Waals surface area (Å²) in [6.07, 6.45) is 5.65. The van der Waals surface area contributed by atoms with Gasteiger partial charge in [0.25, 0.3) is 0 Å². The number of hydrogen-bond donors (Lipinski definition) is 1. The zero-order chi connectivity index (χ0) is 18.7. The molecule has 0 amide bonds. The van der Waals surface area contributed by atoms with Gasteiger partial charge in [0.15, 0.2) is 0 Å². The second-order valence-electron chi connectivity index (χ2n) is 7.41.